The first kappa shape index (κ1) is 64.7. The van der Waals surface area contributed by atoms with E-state index in [0.29, 0.717) is 19.3 Å². The Bertz CT molecular complexity index is 1460. The summed E-state index contributed by atoms with van der Waals surface area (Å²) in [6.07, 6.45) is 55.8. The van der Waals surface area contributed by atoms with Crippen molar-refractivity contribution in [3.8, 4) is 0 Å². The molecule has 0 aromatic rings. The van der Waals surface area contributed by atoms with E-state index in [2.05, 4.69) is 93.7 Å². The summed E-state index contributed by atoms with van der Waals surface area (Å²) >= 11 is 0. The molecule has 0 bridgehead atoms. The smallest absolute Gasteiger partial charge is 0.462 e. The Balaban J connectivity index is 4.82. The maximum atomic E-state index is 12.8. The number of esters is 3. The van der Waals surface area contributed by atoms with Crippen LogP contribution in [0.4, 0.5) is 0 Å². The number of phosphoric acid groups is 1. The second kappa shape index (κ2) is 50.1. The van der Waals surface area contributed by atoms with Crippen molar-refractivity contribution < 1.29 is 52.2 Å². The van der Waals surface area contributed by atoms with E-state index in [0.717, 1.165) is 83.5 Å². The SMILES string of the molecule is CC/C=C\C/C=C\C/C=C\C/C=C\CCC(=O)OC(COC(=O)CCCCCCCCCCCCCCCCC)COP(=O)(O)OCC(CO)OC(=O)CCCCC/C=C\C/C=C\C/C=C\CC. The molecule has 0 saturated heterocycles. The van der Waals surface area contributed by atoms with Crippen molar-refractivity contribution in [2.24, 2.45) is 0 Å². The molecule has 0 heterocycles. The van der Waals surface area contributed by atoms with E-state index < -0.39 is 57.8 Å². The van der Waals surface area contributed by atoms with Crippen molar-refractivity contribution in [1.82, 2.24) is 0 Å². The third-order valence-electron chi connectivity index (χ3n) is 10.8. The summed E-state index contributed by atoms with van der Waals surface area (Å²) in [6.45, 7) is 4.28. The topological polar surface area (TPSA) is 155 Å². The highest BCUT2D eigenvalue weighted by molar-refractivity contribution is 7.47. The Hall–Kier alpha value is -3.34. The van der Waals surface area contributed by atoms with E-state index in [4.69, 9.17) is 23.3 Å². The molecule has 0 rings (SSSR count). The lowest BCUT2D eigenvalue weighted by Gasteiger charge is -2.21. The molecule has 0 aromatic heterocycles. The number of hydrogen-bond acceptors (Lipinski definition) is 10. The third kappa shape index (κ3) is 47.7. The van der Waals surface area contributed by atoms with E-state index in [1.54, 1.807) is 0 Å². The average Bonchev–Trinajstić information content (AvgIpc) is 3.32. The van der Waals surface area contributed by atoms with Crippen LogP contribution in [0.25, 0.3) is 0 Å². The molecular formula is C56H95O11P. The van der Waals surface area contributed by atoms with Gasteiger partial charge in [-0.3, -0.25) is 23.4 Å². The summed E-state index contributed by atoms with van der Waals surface area (Å²) in [5.74, 6) is -1.60. The summed E-state index contributed by atoms with van der Waals surface area (Å²) in [5.41, 5.74) is 0. The first-order valence-corrected chi connectivity index (χ1v) is 28.0. The predicted octanol–water partition coefficient (Wildman–Crippen LogP) is 15.1. The molecule has 12 heteroatoms. The molecule has 0 fully saturated rings. The molecule has 3 atom stereocenters. The lowest BCUT2D eigenvalue weighted by atomic mass is 10.0. The maximum absolute atomic E-state index is 12.8. The molecule has 0 aliphatic rings. The molecule has 0 aromatic carbocycles. The van der Waals surface area contributed by atoms with Gasteiger partial charge in [-0.2, -0.15) is 0 Å². The minimum atomic E-state index is -4.77. The Kier molecular flexibility index (Phi) is 47.6. The van der Waals surface area contributed by atoms with E-state index in [1.807, 2.05) is 12.2 Å². The van der Waals surface area contributed by atoms with Gasteiger partial charge in [-0.1, -0.05) is 202 Å². The molecule has 0 spiro atoms. The minimum absolute atomic E-state index is 0.0428. The van der Waals surface area contributed by atoms with Gasteiger partial charge in [-0.05, 0) is 77.0 Å². The predicted molar refractivity (Wildman–Crippen MR) is 279 cm³/mol. The fourth-order valence-corrected chi connectivity index (χ4v) is 7.64. The Morgan fingerprint density at radius 1 is 0.426 bits per heavy atom. The quantitative estimate of drug-likeness (QED) is 0.0197. The van der Waals surface area contributed by atoms with Gasteiger partial charge in [0, 0.05) is 19.3 Å². The standard InChI is InChI=1S/C56H95O11P/c1-4-7-10-13-16-19-22-25-26-29-30-33-36-39-42-45-54(58)63-49-53(67-56(60)47-44-41-38-35-32-28-24-21-18-15-12-9-6-3)51-65-68(61,62)64-50-52(48-57)66-55(59)46-43-40-37-34-31-27-23-20-17-14-11-8-5-2/h8-9,11-12,17-18,20-21,27-28,31-32,38,41,52-53,57H,4-7,10,13-16,19,22-26,29-30,33-37,39-40,42-51H2,1-3H3,(H,61,62)/b11-8-,12-9-,20-17-,21-18-,31-27-,32-28-,41-38-. The fraction of sp³-hybridized carbons (Fsp3) is 0.696. The molecule has 2 N–H and O–H groups in total. The minimum Gasteiger partial charge on any atom is -0.462 e. The summed E-state index contributed by atoms with van der Waals surface area (Å²) in [6, 6.07) is 0. The maximum Gasteiger partial charge on any atom is 0.472 e. The van der Waals surface area contributed by atoms with E-state index >= 15 is 0 Å². The molecule has 390 valence electrons. The van der Waals surface area contributed by atoms with Crippen molar-refractivity contribution in [1.29, 1.82) is 0 Å². The van der Waals surface area contributed by atoms with Crippen molar-refractivity contribution in [2.75, 3.05) is 26.4 Å². The lowest BCUT2D eigenvalue weighted by molar-refractivity contribution is -0.161. The molecule has 3 unspecified atom stereocenters. The molecule has 0 aliphatic carbocycles. The zero-order valence-corrected chi connectivity index (χ0v) is 43.7. The van der Waals surface area contributed by atoms with Crippen LogP contribution < -0.4 is 0 Å². The van der Waals surface area contributed by atoms with Gasteiger partial charge >= 0.3 is 25.7 Å². The van der Waals surface area contributed by atoms with E-state index in [1.165, 1.54) is 70.6 Å². The molecular weight excluding hydrogens is 880 g/mol. The van der Waals surface area contributed by atoms with Crippen LogP contribution in [-0.4, -0.2) is 66.5 Å². The van der Waals surface area contributed by atoms with Crippen LogP contribution in [-0.2, 0) is 42.2 Å². The van der Waals surface area contributed by atoms with Gasteiger partial charge in [0.15, 0.2) is 6.10 Å². The zero-order valence-electron chi connectivity index (χ0n) is 42.8. The van der Waals surface area contributed by atoms with Gasteiger partial charge in [-0.15, -0.1) is 0 Å². The zero-order chi connectivity index (χ0) is 49.9. The highest BCUT2D eigenvalue weighted by Gasteiger charge is 2.28. The van der Waals surface area contributed by atoms with Crippen molar-refractivity contribution in [3.63, 3.8) is 0 Å². The Labute approximate surface area is 413 Å². The summed E-state index contributed by atoms with van der Waals surface area (Å²) < 4.78 is 39.2. The largest absolute Gasteiger partial charge is 0.472 e. The van der Waals surface area contributed by atoms with Crippen molar-refractivity contribution in [2.45, 2.75) is 226 Å². The van der Waals surface area contributed by atoms with Gasteiger partial charge < -0.3 is 24.2 Å². The van der Waals surface area contributed by atoms with E-state index in [9.17, 15) is 28.9 Å². The highest BCUT2D eigenvalue weighted by Crippen LogP contribution is 2.43. The molecule has 68 heavy (non-hydrogen) atoms. The first-order valence-electron chi connectivity index (χ1n) is 26.5. The molecule has 0 amide bonds. The number of allylic oxidation sites excluding steroid dienone is 14. The monoisotopic (exact) mass is 975 g/mol. The first-order chi connectivity index (χ1) is 33.2. The number of aliphatic hydroxyl groups excluding tert-OH is 1. The summed E-state index contributed by atoms with van der Waals surface area (Å²) in [5, 5.41) is 9.77. The van der Waals surface area contributed by atoms with Crippen LogP contribution in [0.5, 0.6) is 0 Å². The average molecular weight is 975 g/mol. The number of carbonyl (C=O) groups is 3. The van der Waals surface area contributed by atoms with E-state index in [-0.39, 0.29) is 25.9 Å². The fourth-order valence-electron chi connectivity index (χ4n) is 6.85. The molecule has 0 aliphatic heterocycles. The number of phosphoric ester groups is 1. The van der Waals surface area contributed by atoms with Gasteiger partial charge in [0.2, 0.25) is 0 Å². The Morgan fingerprint density at radius 3 is 1.26 bits per heavy atom. The van der Waals surface area contributed by atoms with Crippen molar-refractivity contribution >= 4 is 25.7 Å². The Morgan fingerprint density at radius 2 is 0.794 bits per heavy atom. The number of ether oxygens (including phenoxy) is 3. The van der Waals surface area contributed by atoms with Crippen LogP contribution in [0.15, 0.2) is 85.1 Å². The number of hydrogen-bond donors (Lipinski definition) is 2. The van der Waals surface area contributed by atoms with Crippen LogP contribution in [0.3, 0.4) is 0 Å². The van der Waals surface area contributed by atoms with Crippen LogP contribution >= 0.6 is 7.82 Å². The molecule has 0 saturated carbocycles. The molecule has 11 nitrogen and oxygen atoms in total. The third-order valence-corrected chi connectivity index (χ3v) is 11.8. The number of rotatable bonds is 48. The number of carbonyl (C=O) groups excluding carboxylic acids is 3. The van der Waals surface area contributed by atoms with Gasteiger partial charge in [0.05, 0.1) is 19.8 Å². The van der Waals surface area contributed by atoms with Gasteiger partial charge in [-0.25, -0.2) is 4.57 Å². The van der Waals surface area contributed by atoms with Crippen LogP contribution in [0.2, 0.25) is 0 Å². The van der Waals surface area contributed by atoms with Gasteiger partial charge in [0.1, 0.15) is 12.7 Å². The summed E-state index contributed by atoms with van der Waals surface area (Å²) in [7, 11) is -4.77. The number of aliphatic hydroxyl groups is 1. The van der Waals surface area contributed by atoms with Gasteiger partial charge in [0.25, 0.3) is 0 Å². The normalized spacial score (nSPS) is 14.1. The van der Waals surface area contributed by atoms with Crippen molar-refractivity contribution in [3.05, 3.63) is 85.1 Å². The second-order valence-corrected chi connectivity index (χ2v) is 18.7. The summed E-state index contributed by atoms with van der Waals surface area (Å²) in [4.78, 5) is 48.3. The van der Waals surface area contributed by atoms with Crippen LogP contribution in [0.1, 0.15) is 213 Å². The second-order valence-electron chi connectivity index (χ2n) is 17.3. The lowest BCUT2D eigenvalue weighted by Crippen LogP contribution is -2.30. The van der Waals surface area contributed by atoms with Crippen LogP contribution in [0, 0.1) is 0 Å². The molecule has 0 radical (unpaired) electrons. The highest BCUT2D eigenvalue weighted by atomic mass is 31.2. The number of unbranched alkanes of at least 4 members (excludes halogenated alkanes) is 17.